The molecule has 38 heavy (non-hydrogen) atoms. The van der Waals surface area contributed by atoms with Crippen molar-refractivity contribution in [2.45, 2.75) is 57.6 Å². The minimum atomic E-state index is -4.60. The number of pyridine rings is 1. The lowest BCUT2D eigenvalue weighted by molar-refractivity contribution is -0.141. The van der Waals surface area contributed by atoms with Crippen molar-refractivity contribution in [3.8, 4) is 16.9 Å². The Balaban J connectivity index is 1.55. The maximum atomic E-state index is 12.9. The molecule has 1 aromatic carbocycles. The van der Waals surface area contributed by atoms with Crippen LogP contribution in [0.1, 0.15) is 29.7 Å². The summed E-state index contributed by atoms with van der Waals surface area (Å²) in [6.07, 6.45) is 0.405. The highest BCUT2D eigenvalue weighted by Gasteiger charge is 2.29. The van der Waals surface area contributed by atoms with Crippen LogP contribution in [0, 0.1) is 6.92 Å². The van der Waals surface area contributed by atoms with Gasteiger partial charge in [-0.1, -0.05) is 11.6 Å². The topological polar surface area (TPSA) is 92.1 Å². The molecule has 200 valence electrons. The van der Waals surface area contributed by atoms with Crippen LogP contribution in [0.25, 0.3) is 21.3 Å². The summed E-state index contributed by atoms with van der Waals surface area (Å²) in [5.74, 6) is 0.699. The largest absolute Gasteiger partial charge is 0.489 e. The number of halogens is 4. The van der Waals surface area contributed by atoms with Crippen molar-refractivity contribution in [2.75, 3.05) is 0 Å². The lowest BCUT2D eigenvalue weighted by atomic mass is 10.0. The molecular weight excluding hydrogens is 541 g/mol. The third kappa shape index (κ3) is 5.50. The van der Waals surface area contributed by atoms with Crippen molar-refractivity contribution in [1.82, 2.24) is 14.1 Å². The molecule has 0 spiro atoms. The number of nitrogens with two attached hydrogens (primary N) is 1. The average molecular weight is 565 g/mol. The SMILES string of the molecule is Cc1cc(Cl)cc(-c2ccnc3cc(Cn4c(=O)ccn(CC(F)(F)F)c4=O)sc23)c1O[C@H]1CC[C@H](N)C1. The van der Waals surface area contributed by atoms with Gasteiger partial charge in [0.2, 0.25) is 0 Å². The summed E-state index contributed by atoms with van der Waals surface area (Å²) in [5.41, 5.74) is 7.44. The Kier molecular flexibility index (Phi) is 7.10. The molecule has 1 aliphatic rings. The quantitative estimate of drug-likeness (QED) is 0.351. The highest BCUT2D eigenvalue weighted by atomic mass is 35.5. The second-order valence-corrected chi connectivity index (χ2v) is 11.0. The van der Waals surface area contributed by atoms with Gasteiger partial charge < -0.3 is 10.5 Å². The van der Waals surface area contributed by atoms with Gasteiger partial charge in [0, 0.05) is 45.5 Å². The first-order valence-electron chi connectivity index (χ1n) is 12.0. The van der Waals surface area contributed by atoms with Gasteiger partial charge in [0.15, 0.2) is 0 Å². The number of alkyl halides is 3. The molecule has 5 rings (SSSR count). The Morgan fingerprint density at radius 1 is 1.18 bits per heavy atom. The molecule has 4 aromatic rings. The highest BCUT2D eigenvalue weighted by Crippen LogP contribution is 2.42. The minimum absolute atomic E-state index is 0.0105. The van der Waals surface area contributed by atoms with E-state index in [0.717, 1.165) is 57.5 Å². The summed E-state index contributed by atoms with van der Waals surface area (Å²) < 4.78 is 47.1. The van der Waals surface area contributed by atoms with E-state index in [2.05, 4.69) is 4.98 Å². The Hall–Kier alpha value is -3.15. The van der Waals surface area contributed by atoms with E-state index < -0.39 is 24.0 Å². The monoisotopic (exact) mass is 564 g/mol. The highest BCUT2D eigenvalue weighted by molar-refractivity contribution is 7.19. The smallest absolute Gasteiger partial charge is 0.406 e. The van der Waals surface area contributed by atoms with Gasteiger partial charge in [-0.05, 0) is 56.0 Å². The minimum Gasteiger partial charge on any atom is -0.489 e. The van der Waals surface area contributed by atoms with Gasteiger partial charge in [-0.2, -0.15) is 13.2 Å². The average Bonchev–Trinajstić information content (AvgIpc) is 3.44. The molecule has 0 unspecified atom stereocenters. The molecule has 1 aliphatic carbocycles. The molecule has 12 heteroatoms. The van der Waals surface area contributed by atoms with E-state index in [1.165, 1.54) is 11.3 Å². The zero-order valence-electron chi connectivity index (χ0n) is 20.3. The third-order valence-corrected chi connectivity index (χ3v) is 7.87. The summed E-state index contributed by atoms with van der Waals surface area (Å²) in [4.78, 5) is 30.1. The van der Waals surface area contributed by atoms with Crippen LogP contribution in [-0.2, 0) is 13.1 Å². The predicted octanol–water partition coefficient (Wildman–Crippen LogP) is 5.12. The molecule has 0 aliphatic heterocycles. The van der Waals surface area contributed by atoms with Crippen LogP contribution in [0.4, 0.5) is 13.2 Å². The first kappa shape index (κ1) is 26.5. The molecule has 1 saturated carbocycles. The third-order valence-electron chi connectivity index (χ3n) is 6.51. The number of aryl methyl sites for hydroxylation is 1. The van der Waals surface area contributed by atoms with E-state index in [4.69, 9.17) is 22.1 Å². The first-order valence-corrected chi connectivity index (χ1v) is 13.1. The van der Waals surface area contributed by atoms with Gasteiger partial charge in [0.25, 0.3) is 5.56 Å². The molecular formula is C26H24ClF3N4O3S. The fourth-order valence-corrected chi connectivity index (χ4v) is 6.19. The molecule has 3 heterocycles. The molecule has 2 atom stereocenters. The standard InChI is InChI=1S/C26H24ClF3N4O3S/c1-14-8-15(27)9-20(23(14)37-17-3-2-16(31)10-17)19-4-6-32-21-11-18(38-24(19)21)12-34-22(35)5-7-33(25(34)36)13-26(28,29)30/h4-9,11,16-17H,2-3,10,12-13,31H2,1H3/t16-,17-/m0/s1. The van der Waals surface area contributed by atoms with Gasteiger partial charge in [0.05, 0.1) is 16.8 Å². The van der Waals surface area contributed by atoms with Crippen LogP contribution in [0.5, 0.6) is 5.75 Å². The van der Waals surface area contributed by atoms with Gasteiger partial charge in [-0.25, -0.2) is 4.79 Å². The van der Waals surface area contributed by atoms with Crippen molar-refractivity contribution >= 4 is 33.2 Å². The normalized spacial score (nSPS) is 17.8. The zero-order valence-corrected chi connectivity index (χ0v) is 21.9. The van der Waals surface area contributed by atoms with Crippen LogP contribution < -0.4 is 21.7 Å². The number of thiophene rings is 1. The number of aromatic nitrogens is 3. The maximum Gasteiger partial charge on any atom is 0.406 e. The number of hydrogen-bond donors (Lipinski definition) is 1. The van der Waals surface area contributed by atoms with Crippen molar-refractivity contribution < 1.29 is 17.9 Å². The van der Waals surface area contributed by atoms with Crippen LogP contribution in [0.15, 0.2) is 52.3 Å². The Bertz CT molecular complexity index is 1630. The molecule has 7 nitrogen and oxygen atoms in total. The van der Waals surface area contributed by atoms with Crippen molar-refractivity contribution in [1.29, 1.82) is 0 Å². The number of hydrogen-bond acceptors (Lipinski definition) is 6. The summed E-state index contributed by atoms with van der Waals surface area (Å²) in [5, 5.41) is 0.538. The second kappa shape index (κ2) is 10.2. The molecule has 0 bridgehead atoms. The maximum absolute atomic E-state index is 12.9. The number of ether oxygens (including phenoxy) is 1. The van der Waals surface area contributed by atoms with Gasteiger partial charge in [0.1, 0.15) is 18.4 Å². The van der Waals surface area contributed by atoms with E-state index >= 15 is 0 Å². The Morgan fingerprint density at radius 3 is 2.68 bits per heavy atom. The Morgan fingerprint density at radius 2 is 1.97 bits per heavy atom. The summed E-state index contributed by atoms with van der Waals surface area (Å²) in [6.45, 7) is 0.257. The molecule has 0 radical (unpaired) electrons. The van der Waals surface area contributed by atoms with E-state index in [0.29, 0.717) is 25.7 Å². The zero-order chi connectivity index (χ0) is 27.2. The number of benzene rings is 1. The van der Waals surface area contributed by atoms with Gasteiger partial charge in [-0.3, -0.25) is 18.9 Å². The summed E-state index contributed by atoms with van der Waals surface area (Å²) in [7, 11) is 0. The number of fused-ring (bicyclic) bond motifs is 1. The summed E-state index contributed by atoms with van der Waals surface area (Å²) in [6, 6.07) is 8.28. The molecule has 3 aromatic heterocycles. The Labute approximate surface area is 224 Å². The lowest BCUT2D eigenvalue weighted by Crippen LogP contribution is -2.41. The lowest BCUT2D eigenvalue weighted by Gasteiger charge is -2.20. The first-order chi connectivity index (χ1) is 18.0. The molecule has 0 amide bonds. The predicted molar refractivity (Wildman–Crippen MR) is 141 cm³/mol. The van der Waals surface area contributed by atoms with Crippen molar-refractivity contribution in [2.24, 2.45) is 5.73 Å². The van der Waals surface area contributed by atoms with Crippen LogP contribution >= 0.6 is 22.9 Å². The summed E-state index contributed by atoms with van der Waals surface area (Å²) >= 11 is 7.73. The van der Waals surface area contributed by atoms with E-state index in [1.807, 2.05) is 25.1 Å². The number of nitrogens with zero attached hydrogens (tertiary/aromatic N) is 3. The fraction of sp³-hybridized carbons (Fsp3) is 0.346. The van der Waals surface area contributed by atoms with Gasteiger partial charge in [-0.15, -0.1) is 11.3 Å². The molecule has 1 fully saturated rings. The number of rotatable bonds is 6. The van der Waals surface area contributed by atoms with Gasteiger partial charge >= 0.3 is 11.9 Å². The van der Waals surface area contributed by atoms with E-state index in [-0.39, 0.29) is 18.7 Å². The second-order valence-electron chi connectivity index (χ2n) is 9.46. The van der Waals surface area contributed by atoms with Crippen LogP contribution in [0.3, 0.4) is 0 Å². The van der Waals surface area contributed by atoms with Crippen LogP contribution in [0.2, 0.25) is 5.02 Å². The fourth-order valence-electron chi connectivity index (χ4n) is 4.78. The van der Waals surface area contributed by atoms with E-state index in [1.54, 1.807) is 12.3 Å². The molecule has 0 saturated heterocycles. The van der Waals surface area contributed by atoms with E-state index in [9.17, 15) is 22.8 Å². The van der Waals surface area contributed by atoms with Crippen molar-refractivity contribution in [3.63, 3.8) is 0 Å². The van der Waals surface area contributed by atoms with Crippen molar-refractivity contribution in [3.05, 3.63) is 79.0 Å². The molecule has 2 N–H and O–H groups in total. The van der Waals surface area contributed by atoms with Crippen LogP contribution in [-0.4, -0.2) is 32.4 Å².